The van der Waals surface area contributed by atoms with E-state index in [-0.39, 0.29) is 72.2 Å². The molecule has 11 atom stereocenters. The highest BCUT2D eigenvalue weighted by Crippen LogP contribution is 2.31. The second-order valence-electron chi connectivity index (χ2n) is 25.8. The quantitative estimate of drug-likeness (QED) is 0.0280. The molecule has 2 aromatic carbocycles. The Balaban J connectivity index is 1.42. The molecule has 1 saturated heterocycles. The maximum Gasteiger partial charge on any atom is 0.408 e. The monoisotopic (exact) mass is 1260 g/mol. The van der Waals surface area contributed by atoms with E-state index in [9.17, 15) is 38.4 Å². The minimum absolute atomic E-state index is 0.0206. The minimum atomic E-state index is -0.991. The van der Waals surface area contributed by atoms with Crippen molar-refractivity contribution in [1.29, 1.82) is 0 Å². The van der Waals surface area contributed by atoms with Gasteiger partial charge < -0.3 is 61.6 Å². The maximum atomic E-state index is 14.9. The van der Waals surface area contributed by atoms with Crippen molar-refractivity contribution in [1.82, 2.24) is 46.3 Å². The van der Waals surface area contributed by atoms with Crippen molar-refractivity contribution < 1.29 is 52.6 Å². The van der Waals surface area contributed by atoms with Gasteiger partial charge in [-0.1, -0.05) is 111 Å². The molecule has 4 rings (SSSR count). The molecule has 22 nitrogen and oxygen atoms in total. The first kappa shape index (κ1) is 74.8. The lowest BCUT2D eigenvalue weighted by Gasteiger charge is -2.41. The van der Waals surface area contributed by atoms with Crippen molar-refractivity contribution in [3.63, 3.8) is 0 Å². The number of alkyl carbamates (subject to hydrolysis) is 1. The number of ether oxygens (including phenoxy) is 3. The summed E-state index contributed by atoms with van der Waals surface area (Å²) in [5, 5.41) is 20.0. The van der Waals surface area contributed by atoms with Crippen LogP contribution in [0.5, 0.6) is 0 Å². The number of rotatable bonds is 35. The summed E-state index contributed by atoms with van der Waals surface area (Å²) in [6, 6.07) is 11.8. The van der Waals surface area contributed by atoms with Crippen LogP contribution < -0.4 is 37.6 Å². The van der Waals surface area contributed by atoms with Gasteiger partial charge in [0.1, 0.15) is 28.7 Å². The minimum Gasteiger partial charge on any atom is -0.444 e. The Morgan fingerprint density at radius 1 is 0.775 bits per heavy atom. The summed E-state index contributed by atoms with van der Waals surface area (Å²) >= 11 is 1.49. The van der Waals surface area contributed by atoms with Gasteiger partial charge in [-0.25, -0.2) is 14.6 Å². The van der Waals surface area contributed by atoms with Crippen LogP contribution in [-0.4, -0.2) is 169 Å². The number of likely N-dealkylation sites (N-methyl/N-ethyl adjacent to an activating group) is 2. The summed E-state index contributed by atoms with van der Waals surface area (Å²) in [6.45, 7) is 23.6. The number of anilines is 1. The van der Waals surface area contributed by atoms with E-state index in [1.807, 2.05) is 113 Å². The van der Waals surface area contributed by atoms with Gasteiger partial charge in [0.25, 0.3) is 0 Å². The lowest BCUT2D eigenvalue weighted by molar-refractivity contribution is -0.148. The van der Waals surface area contributed by atoms with Crippen molar-refractivity contribution >= 4 is 64.6 Å². The Kier molecular flexibility index (Phi) is 30.4. The largest absolute Gasteiger partial charge is 0.444 e. The second-order valence-corrected chi connectivity index (χ2v) is 26.7. The van der Waals surface area contributed by atoms with Crippen molar-refractivity contribution in [2.75, 3.05) is 53.3 Å². The van der Waals surface area contributed by atoms with Crippen LogP contribution in [0, 0.1) is 29.6 Å². The fourth-order valence-electron chi connectivity index (χ4n) is 11.7. The van der Waals surface area contributed by atoms with Crippen molar-refractivity contribution in [2.45, 2.75) is 201 Å². The van der Waals surface area contributed by atoms with Crippen LogP contribution in [0.2, 0.25) is 0 Å². The SMILES string of the molecule is CC[C@H](C)[C@@H]([C@@H](CC(=O)N1CCC[C@H]1[C@H](OC)[C@@H](C)C(=O)N[C@@H](Cc1ccccc1)c1nccs1)OC)N(C)C(=O)[C@@H](NC(=O)[C@H](C(C)C)N(C)CCc1ccc(NC(=O)[C@H](CCCCNC(N)=O)NC(=O)[C@@H](NC(=O)OC(C)(C)C)C(C)C)cc1)C(C)C. The Labute approximate surface area is 533 Å². The number of primary amides is 1. The van der Waals surface area contributed by atoms with Gasteiger partial charge in [0.05, 0.1) is 48.7 Å². The number of methoxy groups -OCH3 is 2. The standard InChI is InChI=1S/C66H105N11O11S/c1-17-43(8)56(51(86-15)39-52(78)77-35-23-27-50(77)57(87-16)44(9)58(79)72-49(62-68-34-37-89-62)38-46-24-19-18-20-25-46)76(14)63(83)54(41(4)5)73-61(82)55(42(6)7)75(13)36-32-45-28-30-47(31-29-45)70-59(80)48(26-21-22-33-69-64(67)84)71-60(81)53(40(2)3)74-65(85)88-66(10,11)12/h18-20,24-25,28-31,34,37,40-44,48-51,53-57H,17,21-23,26-27,32-33,35-36,38-39H2,1-16H3,(H,70,80)(H,71,81)(H,72,79)(H,73,82)(H,74,85)(H3,67,69,84)/t43-,44+,48-,49-,50-,51+,53-,54-,55-,56-,57+/m0/s1. The molecule has 1 aliphatic rings. The molecule has 8 N–H and O–H groups in total. The number of likely N-dealkylation sites (tertiary alicyclic amines) is 1. The highest BCUT2D eigenvalue weighted by molar-refractivity contribution is 7.09. The molecule has 0 unspecified atom stereocenters. The average Bonchev–Trinajstić information content (AvgIpc) is 3.49. The number of amides is 9. The van der Waals surface area contributed by atoms with E-state index >= 15 is 0 Å². The van der Waals surface area contributed by atoms with Crippen LogP contribution in [0.3, 0.4) is 0 Å². The molecule has 3 aromatic rings. The van der Waals surface area contributed by atoms with Crippen LogP contribution in [0.4, 0.5) is 15.3 Å². The van der Waals surface area contributed by atoms with E-state index in [4.69, 9.17) is 19.9 Å². The maximum absolute atomic E-state index is 14.9. The van der Waals surface area contributed by atoms with Crippen molar-refractivity contribution in [3.8, 4) is 0 Å². The molecule has 89 heavy (non-hydrogen) atoms. The molecule has 0 spiro atoms. The summed E-state index contributed by atoms with van der Waals surface area (Å²) in [7, 11) is 6.74. The van der Waals surface area contributed by atoms with E-state index in [1.54, 1.807) is 79.1 Å². The van der Waals surface area contributed by atoms with E-state index in [0.717, 1.165) is 22.6 Å². The highest BCUT2D eigenvalue weighted by atomic mass is 32.1. The zero-order chi connectivity index (χ0) is 66.3. The number of hydrogen-bond donors (Lipinski definition) is 7. The third-order valence-corrected chi connectivity index (χ3v) is 17.5. The number of aromatic nitrogens is 1. The predicted octanol–water partition coefficient (Wildman–Crippen LogP) is 7.61. The summed E-state index contributed by atoms with van der Waals surface area (Å²) < 4.78 is 17.6. The molecule has 0 aliphatic carbocycles. The molecular formula is C66H105N11O11S. The van der Waals surface area contributed by atoms with Gasteiger partial charge in [0.15, 0.2) is 0 Å². The number of unbranched alkanes of at least 4 members (excludes halogenated alkanes) is 1. The van der Waals surface area contributed by atoms with Gasteiger partial charge in [-0.05, 0) is 120 Å². The van der Waals surface area contributed by atoms with E-state index < -0.39 is 77.9 Å². The van der Waals surface area contributed by atoms with Crippen LogP contribution in [0.1, 0.15) is 150 Å². The van der Waals surface area contributed by atoms with Crippen molar-refractivity contribution in [3.05, 3.63) is 82.3 Å². The van der Waals surface area contributed by atoms with E-state index in [0.29, 0.717) is 63.8 Å². The molecule has 1 aromatic heterocycles. The van der Waals surface area contributed by atoms with Gasteiger partial charge in [-0.3, -0.25) is 33.7 Å². The molecule has 23 heteroatoms. The van der Waals surface area contributed by atoms with Gasteiger partial charge in [0, 0.05) is 58.2 Å². The Morgan fingerprint density at radius 3 is 2.00 bits per heavy atom. The second kappa shape index (κ2) is 36.2. The normalized spacial score (nSPS) is 16.9. The number of thiazole rings is 1. The number of nitrogens with one attached hydrogen (secondary N) is 6. The molecular weight excluding hydrogens is 1150 g/mol. The molecule has 2 heterocycles. The molecule has 1 aliphatic heterocycles. The first-order valence-corrected chi connectivity index (χ1v) is 32.5. The average molecular weight is 1260 g/mol. The lowest BCUT2D eigenvalue weighted by Crippen LogP contribution is -2.60. The number of hydrogen-bond acceptors (Lipinski definition) is 14. The van der Waals surface area contributed by atoms with Crippen LogP contribution in [0.25, 0.3) is 0 Å². The first-order chi connectivity index (χ1) is 42.0. The summed E-state index contributed by atoms with van der Waals surface area (Å²) in [4.78, 5) is 120. The molecule has 496 valence electrons. The first-order valence-electron chi connectivity index (χ1n) is 31.6. The highest BCUT2D eigenvalue weighted by Gasteiger charge is 2.44. The third-order valence-electron chi connectivity index (χ3n) is 16.7. The topological polar surface area (TPSA) is 285 Å². The van der Waals surface area contributed by atoms with Crippen molar-refractivity contribution in [2.24, 2.45) is 35.3 Å². The number of carbonyl (C=O) groups excluding carboxylic acids is 8. The molecule has 1 fully saturated rings. The summed E-state index contributed by atoms with van der Waals surface area (Å²) in [5.41, 5.74) is 6.92. The number of nitrogens with two attached hydrogens (primary N) is 1. The lowest BCUT2D eigenvalue weighted by atomic mass is 9.89. The number of urea groups is 1. The predicted molar refractivity (Wildman–Crippen MR) is 347 cm³/mol. The number of benzene rings is 2. The third kappa shape index (κ3) is 23.3. The Hall–Kier alpha value is -6.69. The number of carbonyl (C=O) groups is 8. The number of nitrogens with zero attached hydrogens (tertiary/aromatic N) is 4. The van der Waals surface area contributed by atoms with Gasteiger partial charge >= 0.3 is 12.1 Å². The summed E-state index contributed by atoms with van der Waals surface area (Å²) in [6.07, 6.45) is 4.02. The smallest absolute Gasteiger partial charge is 0.408 e. The van der Waals surface area contributed by atoms with Gasteiger partial charge in [-0.2, -0.15) is 0 Å². The van der Waals surface area contributed by atoms with Crippen LogP contribution in [0.15, 0.2) is 66.2 Å². The fraction of sp³-hybridized carbons (Fsp3) is 0.652. The van der Waals surface area contributed by atoms with Crippen LogP contribution in [-0.2, 0) is 55.8 Å². The van der Waals surface area contributed by atoms with E-state index in [1.165, 1.54) is 11.3 Å². The molecule has 9 amide bonds. The summed E-state index contributed by atoms with van der Waals surface area (Å²) in [5.74, 6) is -3.46. The fourth-order valence-corrected chi connectivity index (χ4v) is 12.4. The van der Waals surface area contributed by atoms with E-state index in [2.05, 4.69) is 36.9 Å². The molecule has 0 saturated carbocycles. The Morgan fingerprint density at radius 2 is 1.44 bits per heavy atom. The zero-order valence-corrected chi connectivity index (χ0v) is 56.5. The molecule has 0 radical (unpaired) electrons. The van der Waals surface area contributed by atoms with Gasteiger partial charge in [-0.15, -0.1) is 11.3 Å². The van der Waals surface area contributed by atoms with Gasteiger partial charge in [0.2, 0.25) is 35.4 Å². The van der Waals surface area contributed by atoms with Crippen LogP contribution >= 0.6 is 11.3 Å². The Bertz CT molecular complexity index is 2710. The zero-order valence-electron chi connectivity index (χ0n) is 55.7. The molecule has 0 bridgehead atoms.